The van der Waals surface area contributed by atoms with Gasteiger partial charge in [-0.15, -0.1) is 0 Å². The molecule has 0 saturated heterocycles. The van der Waals surface area contributed by atoms with Crippen LogP contribution in [0, 0.1) is 0 Å². The summed E-state index contributed by atoms with van der Waals surface area (Å²) in [6.07, 6.45) is 1.92. The molecule has 1 aliphatic heterocycles. The highest BCUT2D eigenvalue weighted by Gasteiger charge is 2.11. The number of rotatable bonds is 1. The van der Waals surface area contributed by atoms with Crippen LogP contribution in [0.1, 0.15) is 11.1 Å². The summed E-state index contributed by atoms with van der Waals surface area (Å²) < 4.78 is 0. The molecule has 1 aliphatic rings. The molecule has 0 saturated carbocycles. The van der Waals surface area contributed by atoms with E-state index in [2.05, 4.69) is 35.4 Å². The maximum absolute atomic E-state index is 4.45. The van der Waals surface area contributed by atoms with Gasteiger partial charge in [0.1, 0.15) is 0 Å². The monoisotopic (exact) mass is 208 g/mol. The summed E-state index contributed by atoms with van der Waals surface area (Å²) in [6, 6.07) is 18.6. The lowest BCUT2D eigenvalue weighted by Gasteiger charge is -2.23. The SMILES string of the molecule is C1=NN(c2ccccc2)Cc2ccccc21. The molecular formula is C14H12N2. The van der Waals surface area contributed by atoms with Crippen molar-refractivity contribution in [1.29, 1.82) is 0 Å². The molecule has 0 amide bonds. The number of fused-ring (bicyclic) bond motifs is 1. The van der Waals surface area contributed by atoms with Crippen molar-refractivity contribution in [2.75, 3.05) is 5.01 Å². The van der Waals surface area contributed by atoms with Crippen LogP contribution in [0.3, 0.4) is 0 Å². The Balaban J connectivity index is 1.95. The van der Waals surface area contributed by atoms with Gasteiger partial charge in [0.05, 0.1) is 18.4 Å². The van der Waals surface area contributed by atoms with E-state index in [-0.39, 0.29) is 0 Å². The van der Waals surface area contributed by atoms with Crippen molar-refractivity contribution in [3.63, 3.8) is 0 Å². The Morgan fingerprint density at radius 2 is 1.62 bits per heavy atom. The molecule has 2 nitrogen and oxygen atoms in total. The second-order valence-corrected chi connectivity index (χ2v) is 3.84. The number of benzene rings is 2. The molecule has 78 valence electrons. The molecule has 2 aromatic carbocycles. The maximum atomic E-state index is 4.45. The van der Waals surface area contributed by atoms with E-state index in [4.69, 9.17) is 0 Å². The molecule has 0 aliphatic carbocycles. The first-order valence-corrected chi connectivity index (χ1v) is 5.38. The number of anilines is 1. The summed E-state index contributed by atoms with van der Waals surface area (Å²) in [4.78, 5) is 0. The van der Waals surface area contributed by atoms with Crippen molar-refractivity contribution in [2.24, 2.45) is 5.10 Å². The van der Waals surface area contributed by atoms with E-state index in [1.807, 2.05) is 35.5 Å². The van der Waals surface area contributed by atoms with Crippen LogP contribution in [-0.4, -0.2) is 6.21 Å². The number of para-hydroxylation sites is 1. The van der Waals surface area contributed by atoms with E-state index < -0.39 is 0 Å². The molecule has 16 heavy (non-hydrogen) atoms. The second-order valence-electron chi connectivity index (χ2n) is 3.84. The van der Waals surface area contributed by atoms with Gasteiger partial charge in [0.25, 0.3) is 0 Å². The zero-order valence-electron chi connectivity index (χ0n) is 8.88. The summed E-state index contributed by atoms with van der Waals surface area (Å²) in [6.45, 7) is 0.844. The average molecular weight is 208 g/mol. The Hall–Kier alpha value is -2.09. The van der Waals surface area contributed by atoms with Crippen molar-refractivity contribution < 1.29 is 0 Å². The quantitative estimate of drug-likeness (QED) is 0.703. The van der Waals surface area contributed by atoms with Gasteiger partial charge in [-0.1, -0.05) is 42.5 Å². The minimum atomic E-state index is 0.844. The smallest absolute Gasteiger partial charge is 0.0672 e. The van der Waals surface area contributed by atoms with Gasteiger partial charge in [-0.05, 0) is 23.3 Å². The summed E-state index contributed by atoms with van der Waals surface area (Å²) in [5.41, 5.74) is 3.67. The Kier molecular flexibility index (Phi) is 2.18. The lowest BCUT2D eigenvalue weighted by molar-refractivity contribution is 0.843. The van der Waals surface area contributed by atoms with Crippen molar-refractivity contribution >= 4 is 11.9 Å². The third kappa shape index (κ3) is 1.58. The molecule has 3 rings (SSSR count). The van der Waals surface area contributed by atoms with E-state index in [0.29, 0.717) is 0 Å². The van der Waals surface area contributed by atoms with Crippen LogP contribution in [0.5, 0.6) is 0 Å². The number of hydrogen-bond acceptors (Lipinski definition) is 2. The van der Waals surface area contributed by atoms with Gasteiger partial charge in [-0.3, -0.25) is 5.01 Å². The number of nitrogens with zero attached hydrogens (tertiary/aromatic N) is 2. The fourth-order valence-electron chi connectivity index (χ4n) is 1.90. The topological polar surface area (TPSA) is 15.6 Å². The van der Waals surface area contributed by atoms with Crippen LogP contribution in [0.4, 0.5) is 5.69 Å². The Bertz CT molecular complexity index is 517. The Morgan fingerprint density at radius 3 is 2.50 bits per heavy atom. The number of hydrazone groups is 1. The van der Waals surface area contributed by atoms with Crippen LogP contribution in [0.15, 0.2) is 59.7 Å². The average Bonchev–Trinajstić information content (AvgIpc) is 2.39. The Morgan fingerprint density at radius 1 is 0.875 bits per heavy atom. The van der Waals surface area contributed by atoms with Crippen molar-refractivity contribution in [3.8, 4) is 0 Å². The zero-order chi connectivity index (χ0) is 10.8. The van der Waals surface area contributed by atoms with Gasteiger partial charge < -0.3 is 0 Å². The minimum absolute atomic E-state index is 0.844. The van der Waals surface area contributed by atoms with Gasteiger partial charge in [-0.25, -0.2) is 0 Å². The normalized spacial score (nSPS) is 13.6. The van der Waals surface area contributed by atoms with Crippen LogP contribution >= 0.6 is 0 Å². The summed E-state index contributed by atoms with van der Waals surface area (Å²) in [5, 5.41) is 6.47. The highest BCUT2D eigenvalue weighted by atomic mass is 15.5. The van der Waals surface area contributed by atoms with Crippen LogP contribution in [0.2, 0.25) is 0 Å². The van der Waals surface area contributed by atoms with Crippen LogP contribution < -0.4 is 5.01 Å². The Labute approximate surface area is 94.8 Å². The largest absolute Gasteiger partial charge is 0.261 e. The molecule has 0 unspecified atom stereocenters. The first kappa shape index (κ1) is 9.16. The lowest BCUT2D eigenvalue weighted by Crippen LogP contribution is -2.20. The van der Waals surface area contributed by atoms with Crippen molar-refractivity contribution in [2.45, 2.75) is 6.54 Å². The van der Waals surface area contributed by atoms with E-state index in [9.17, 15) is 0 Å². The van der Waals surface area contributed by atoms with Gasteiger partial charge in [0.2, 0.25) is 0 Å². The molecular weight excluding hydrogens is 196 g/mol. The van der Waals surface area contributed by atoms with Crippen molar-refractivity contribution in [1.82, 2.24) is 0 Å². The molecule has 1 heterocycles. The minimum Gasteiger partial charge on any atom is -0.261 e. The molecule has 0 aromatic heterocycles. The molecule has 0 N–H and O–H groups in total. The van der Waals surface area contributed by atoms with E-state index in [1.165, 1.54) is 11.1 Å². The van der Waals surface area contributed by atoms with E-state index in [0.717, 1.165) is 12.2 Å². The molecule has 0 atom stereocenters. The van der Waals surface area contributed by atoms with E-state index in [1.54, 1.807) is 0 Å². The molecule has 0 radical (unpaired) electrons. The summed E-state index contributed by atoms with van der Waals surface area (Å²) in [7, 11) is 0. The van der Waals surface area contributed by atoms with E-state index >= 15 is 0 Å². The van der Waals surface area contributed by atoms with Gasteiger partial charge in [0.15, 0.2) is 0 Å². The highest BCUT2D eigenvalue weighted by molar-refractivity contribution is 5.84. The van der Waals surface area contributed by atoms with Crippen LogP contribution in [-0.2, 0) is 6.54 Å². The fraction of sp³-hybridized carbons (Fsp3) is 0.0714. The van der Waals surface area contributed by atoms with Gasteiger partial charge >= 0.3 is 0 Å². The predicted octanol–water partition coefficient (Wildman–Crippen LogP) is 3.04. The summed E-state index contributed by atoms with van der Waals surface area (Å²) in [5.74, 6) is 0. The predicted molar refractivity (Wildman–Crippen MR) is 66.7 cm³/mol. The van der Waals surface area contributed by atoms with Crippen molar-refractivity contribution in [3.05, 3.63) is 65.7 Å². The highest BCUT2D eigenvalue weighted by Crippen LogP contribution is 2.21. The molecule has 0 spiro atoms. The molecule has 0 fully saturated rings. The molecule has 0 bridgehead atoms. The zero-order valence-corrected chi connectivity index (χ0v) is 8.88. The number of hydrogen-bond donors (Lipinski definition) is 0. The second kappa shape index (κ2) is 3.81. The first-order valence-electron chi connectivity index (χ1n) is 5.38. The molecule has 2 aromatic rings. The van der Waals surface area contributed by atoms with Crippen LogP contribution in [0.25, 0.3) is 0 Å². The standard InChI is InChI=1S/C14H12N2/c1-2-8-14(9-3-1)16-11-13-7-5-4-6-12(13)10-15-16/h1-10H,11H2. The third-order valence-corrected chi connectivity index (χ3v) is 2.77. The summed E-state index contributed by atoms with van der Waals surface area (Å²) >= 11 is 0. The fourth-order valence-corrected chi connectivity index (χ4v) is 1.90. The lowest BCUT2D eigenvalue weighted by atomic mass is 10.1. The van der Waals surface area contributed by atoms with Gasteiger partial charge in [-0.2, -0.15) is 5.10 Å². The first-order chi connectivity index (χ1) is 7.93. The third-order valence-electron chi connectivity index (χ3n) is 2.77. The molecule has 2 heteroatoms. The maximum Gasteiger partial charge on any atom is 0.0672 e. The van der Waals surface area contributed by atoms with Gasteiger partial charge in [0, 0.05) is 0 Å².